The van der Waals surface area contributed by atoms with Crippen molar-refractivity contribution >= 4 is 39.6 Å². The van der Waals surface area contributed by atoms with Crippen LogP contribution in [-0.2, 0) is 25.7 Å². The minimum atomic E-state index is -0.653. The number of ether oxygens (including phenoxy) is 2. The molecule has 0 unspecified atom stereocenters. The summed E-state index contributed by atoms with van der Waals surface area (Å²) in [7, 11) is 2.13. The van der Waals surface area contributed by atoms with E-state index in [9.17, 15) is 14.7 Å². The number of aliphatic hydroxyl groups excluding tert-OH is 1. The first kappa shape index (κ1) is 36.7. The zero-order chi connectivity index (χ0) is 36.5. The fourth-order valence-electron chi connectivity index (χ4n) is 6.62. The fraction of sp³-hybridized carbons (Fsp3) is 0.302. The Labute approximate surface area is 305 Å². The van der Waals surface area contributed by atoms with Crippen molar-refractivity contribution < 1.29 is 24.2 Å². The fourth-order valence-corrected chi connectivity index (χ4v) is 6.62. The predicted octanol–water partition coefficient (Wildman–Crippen LogP) is 8.29. The van der Waals surface area contributed by atoms with Crippen molar-refractivity contribution in [1.29, 1.82) is 0 Å². The standard InChI is InChI=1S/C43H48N4O5/c1-29(33-23-22-31-10-3-4-11-34(31)24-33)47(2)27-37-26-40(32-20-18-30(28-48)19-21-32)52-43(51-37)35-12-9-13-36(25-35)45-41(49)16-7-8-17-42(50)46-39-15-6-5-14-38(39)44/h3-6,9-15,18-25,29,37,40,43,48H,7-8,16-17,26-28,44H2,1-2H3,(H,45,49)(H,46,50)/t29-,37-,40+,43+/m1/s1. The van der Waals surface area contributed by atoms with Gasteiger partial charge in [-0.25, -0.2) is 0 Å². The minimum Gasteiger partial charge on any atom is -0.397 e. The van der Waals surface area contributed by atoms with E-state index >= 15 is 0 Å². The molecule has 52 heavy (non-hydrogen) atoms. The van der Waals surface area contributed by atoms with E-state index in [0.29, 0.717) is 49.3 Å². The molecular formula is C43H48N4O5. The number of hydrogen-bond acceptors (Lipinski definition) is 7. The maximum Gasteiger partial charge on any atom is 0.224 e. The number of carbonyl (C=O) groups is 2. The Morgan fingerprint density at radius 2 is 1.52 bits per heavy atom. The molecule has 0 bridgehead atoms. The lowest BCUT2D eigenvalue weighted by atomic mass is 9.98. The van der Waals surface area contributed by atoms with Crippen LogP contribution in [0.1, 0.15) is 79.7 Å². The van der Waals surface area contributed by atoms with E-state index in [1.165, 1.54) is 16.3 Å². The summed E-state index contributed by atoms with van der Waals surface area (Å²) >= 11 is 0. The van der Waals surface area contributed by atoms with Gasteiger partial charge in [0.15, 0.2) is 6.29 Å². The van der Waals surface area contributed by atoms with Gasteiger partial charge in [-0.2, -0.15) is 0 Å². The topological polar surface area (TPSA) is 126 Å². The Morgan fingerprint density at radius 1 is 0.808 bits per heavy atom. The Kier molecular flexibility index (Phi) is 12.3. The maximum absolute atomic E-state index is 12.9. The molecule has 4 atom stereocenters. The monoisotopic (exact) mass is 700 g/mol. The van der Waals surface area contributed by atoms with Gasteiger partial charge in [-0.05, 0) is 84.6 Å². The second-order valence-electron chi connectivity index (χ2n) is 13.6. The first-order valence-corrected chi connectivity index (χ1v) is 18.0. The summed E-state index contributed by atoms with van der Waals surface area (Å²) in [5, 5.41) is 17.9. The second kappa shape index (κ2) is 17.4. The van der Waals surface area contributed by atoms with Crippen LogP contribution < -0.4 is 16.4 Å². The average molecular weight is 701 g/mol. The molecule has 0 radical (unpaired) electrons. The van der Waals surface area contributed by atoms with Gasteiger partial charge in [-0.1, -0.05) is 84.9 Å². The number of unbranched alkanes of at least 4 members (excludes halogenated alkanes) is 1. The van der Waals surface area contributed by atoms with Crippen molar-refractivity contribution in [2.45, 2.75) is 70.2 Å². The Morgan fingerprint density at radius 3 is 2.27 bits per heavy atom. The van der Waals surface area contributed by atoms with Gasteiger partial charge in [0.25, 0.3) is 0 Å². The number of nitrogen functional groups attached to an aromatic ring is 1. The van der Waals surface area contributed by atoms with Gasteiger partial charge in [-0.3, -0.25) is 14.5 Å². The first-order chi connectivity index (χ1) is 25.2. The summed E-state index contributed by atoms with van der Waals surface area (Å²) in [6.45, 7) is 2.88. The summed E-state index contributed by atoms with van der Waals surface area (Å²) < 4.78 is 13.2. The third-order valence-electron chi connectivity index (χ3n) is 9.76. The molecule has 6 rings (SSSR count). The highest BCUT2D eigenvalue weighted by atomic mass is 16.7. The smallest absolute Gasteiger partial charge is 0.224 e. The van der Waals surface area contributed by atoms with Crippen LogP contribution in [0.15, 0.2) is 115 Å². The van der Waals surface area contributed by atoms with Gasteiger partial charge >= 0.3 is 0 Å². The average Bonchev–Trinajstić information content (AvgIpc) is 3.17. The number of anilines is 3. The number of carbonyl (C=O) groups excluding carboxylic acids is 2. The number of nitrogens with zero attached hydrogens (tertiary/aromatic N) is 1. The molecular weight excluding hydrogens is 652 g/mol. The molecule has 0 aromatic heterocycles. The maximum atomic E-state index is 12.9. The van der Waals surface area contributed by atoms with Crippen LogP contribution in [0.4, 0.5) is 17.1 Å². The number of hydrogen-bond donors (Lipinski definition) is 4. The van der Waals surface area contributed by atoms with E-state index in [-0.39, 0.29) is 43.1 Å². The van der Waals surface area contributed by atoms with Crippen LogP contribution in [0.2, 0.25) is 0 Å². The second-order valence-corrected chi connectivity index (χ2v) is 13.6. The molecule has 0 saturated carbocycles. The SMILES string of the molecule is C[C@H](c1ccc2ccccc2c1)N(C)C[C@H]1C[C@@H](c2ccc(CO)cc2)O[C@@H](c2cccc(NC(=O)CCCCC(=O)Nc3ccccc3N)c2)O1. The predicted molar refractivity (Wildman–Crippen MR) is 206 cm³/mol. The quantitative estimate of drug-likeness (QED) is 0.0679. The number of aliphatic hydroxyl groups is 1. The van der Waals surface area contributed by atoms with E-state index < -0.39 is 6.29 Å². The van der Waals surface area contributed by atoms with Crippen molar-refractivity contribution in [2.24, 2.45) is 0 Å². The van der Waals surface area contributed by atoms with Crippen LogP contribution in [0.25, 0.3) is 10.8 Å². The molecule has 5 aromatic carbocycles. The summed E-state index contributed by atoms with van der Waals surface area (Å²) in [5.41, 5.74) is 11.6. The largest absolute Gasteiger partial charge is 0.397 e. The molecule has 1 heterocycles. The number of rotatable bonds is 14. The van der Waals surface area contributed by atoms with Crippen molar-refractivity contribution in [3.05, 3.63) is 138 Å². The lowest BCUT2D eigenvalue weighted by Crippen LogP contribution is -2.38. The summed E-state index contributed by atoms with van der Waals surface area (Å²) in [6.07, 6.45) is 1.38. The zero-order valence-corrected chi connectivity index (χ0v) is 29.8. The lowest BCUT2D eigenvalue weighted by molar-refractivity contribution is -0.253. The van der Waals surface area contributed by atoms with Crippen LogP contribution >= 0.6 is 0 Å². The van der Waals surface area contributed by atoms with Crippen molar-refractivity contribution in [3.8, 4) is 0 Å². The number of likely N-dealkylation sites (N-methyl/N-ethyl adjacent to an activating group) is 1. The van der Waals surface area contributed by atoms with Crippen molar-refractivity contribution in [3.63, 3.8) is 0 Å². The number of fused-ring (bicyclic) bond motifs is 1. The molecule has 0 aliphatic carbocycles. The van der Waals surface area contributed by atoms with Gasteiger partial charge in [0.05, 0.1) is 30.2 Å². The van der Waals surface area contributed by atoms with E-state index in [1.807, 2.05) is 60.7 Å². The number of amides is 2. The molecule has 2 amide bonds. The van der Waals surface area contributed by atoms with Crippen LogP contribution in [-0.4, -0.2) is 41.5 Å². The van der Waals surface area contributed by atoms with Gasteiger partial charge in [0.2, 0.25) is 11.8 Å². The number of benzene rings is 5. The third-order valence-corrected chi connectivity index (χ3v) is 9.76. The zero-order valence-electron chi connectivity index (χ0n) is 29.8. The molecule has 1 aliphatic heterocycles. The number of para-hydroxylation sites is 2. The summed E-state index contributed by atoms with van der Waals surface area (Å²) in [4.78, 5) is 27.6. The van der Waals surface area contributed by atoms with Gasteiger partial charge in [-0.15, -0.1) is 0 Å². The molecule has 270 valence electrons. The molecule has 5 N–H and O–H groups in total. The molecule has 1 fully saturated rings. The molecule has 1 saturated heterocycles. The molecule has 1 aliphatic rings. The van der Waals surface area contributed by atoms with E-state index in [0.717, 1.165) is 16.7 Å². The van der Waals surface area contributed by atoms with Crippen LogP contribution in [0.5, 0.6) is 0 Å². The minimum absolute atomic E-state index is 0.0186. The number of nitrogens with two attached hydrogens (primary N) is 1. The molecule has 9 nitrogen and oxygen atoms in total. The first-order valence-electron chi connectivity index (χ1n) is 18.0. The summed E-state index contributed by atoms with van der Waals surface area (Å²) in [5.74, 6) is -0.256. The normalized spacial score (nSPS) is 17.9. The Balaban J connectivity index is 1.08. The van der Waals surface area contributed by atoms with E-state index in [2.05, 4.69) is 72.0 Å². The van der Waals surface area contributed by atoms with E-state index in [1.54, 1.807) is 12.1 Å². The van der Waals surface area contributed by atoms with Crippen molar-refractivity contribution in [1.82, 2.24) is 4.90 Å². The summed E-state index contributed by atoms with van der Waals surface area (Å²) in [6, 6.07) is 37.8. The van der Waals surface area contributed by atoms with E-state index in [4.69, 9.17) is 15.2 Å². The molecule has 9 heteroatoms. The highest BCUT2D eigenvalue weighted by Gasteiger charge is 2.33. The highest BCUT2D eigenvalue weighted by Crippen LogP contribution is 2.39. The number of nitrogens with one attached hydrogen (secondary N) is 2. The van der Waals surface area contributed by atoms with Crippen molar-refractivity contribution in [2.75, 3.05) is 30.0 Å². The Hall–Kier alpha value is -5.06. The van der Waals surface area contributed by atoms with Crippen LogP contribution in [0.3, 0.4) is 0 Å². The van der Waals surface area contributed by atoms with Gasteiger partial charge in [0, 0.05) is 43.1 Å². The van der Waals surface area contributed by atoms with Gasteiger partial charge in [0.1, 0.15) is 0 Å². The van der Waals surface area contributed by atoms with Gasteiger partial charge < -0.3 is 30.9 Å². The lowest BCUT2D eigenvalue weighted by Gasteiger charge is -2.39. The Bertz CT molecular complexity index is 1970. The highest BCUT2D eigenvalue weighted by molar-refractivity contribution is 5.94. The third kappa shape index (κ3) is 9.63. The molecule has 0 spiro atoms. The molecule has 5 aromatic rings. The van der Waals surface area contributed by atoms with Crippen LogP contribution in [0, 0.1) is 0 Å².